The first-order valence-electron chi connectivity index (χ1n) is 14.1. The van der Waals surface area contributed by atoms with E-state index >= 15 is 0 Å². The van der Waals surface area contributed by atoms with Crippen molar-refractivity contribution in [2.24, 2.45) is 5.92 Å². The van der Waals surface area contributed by atoms with Crippen LogP contribution in [0.3, 0.4) is 0 Å². The largest absolute Gasteiger partial charge is 0.0619 e. The summed E-state index contributed by atoms with van der Waals surface area (Å²) in [6.45, 7) is 4.71. The Morgan fingerprint density at radius 1 is 0.590 bits per heavy atom. The fourth-order valence-corrected chi connectivity index (χ4v) is 7.25. The molecule has 0 heterocycles. The minimum absolute atomic E-state index is 0.283. The van der Waals surface area contributed by atoms with Crippen molar-refractivity contribution < 1.29 is 0 Å². The molecule has 0 spiro atoms. The van der Waals surface area contributed by atoms with E-state index in [2.05, 4.69) is 135 Å². The third kappa shape index (κ3) is 3.31. The van der Waals surface area contributed by atoms with E-state index in [4.69, 9.17) is 0 Å². The van der Waals surface area contributed by atoms with Crippen molar-refractivity contribution in [1.29, 1.82) is 0 Å². The highest BCUT2D eigenvalue weighted by Crippen LogP contribution is 2.51. The molecule has 0 N–H and O–H groups in total. The van der Waals surface area contributed by atoms with Crippen molar-refractivity contribution in [3.63, 3.8) is 0 Å². The zero-order valence-electron chi connectivity index (χ0n) is 22.4. The zero-order chi connectivity index (χ0) is 26.1. The zero-order valence-corrected chi connectivity index (χ0v) is 22.4. The second kappa shape index (κ2) is 8.55. The number of fused-ring (bicyclic) bond motifs is 6. The molecule has 1 atom stereocenters. The van der Waals surface area contributed by atoms with Crippen molar-refractivity contribution >= 4 is 27.6 Å². The topological polar surface area (TPSA) is 0 Å². The molecule has 0 aliphatic heterocycles. The van der Waals surface area contributed by atoms with Crippen LogP contribution in [0, 0.1) is 5.92 Å². The van der Waals surface area contributed by atoms with Gasteiger partial charge in [-0.3, -0.25) is 0 Å². The predicted octanol–water partition coefficient (Wildman–Crippen LogP) is 10.4. The van der Waals surface area contributed by atoms with Crippen molar-refractivity contribution in [2.45, 2.75) is 26.2 Å². The molecule has 0 fully saturated rings. The molecule has 0 bridgehead atoms. The molecule has 2 aliphatic rings. The molecule has 8 rings (SSSR count). The lowest BCUT2D eigenvalue weighted by Gasteiger charge is -2.23. The normalized spacial score (nSPS) is 15.5. The highest BCUT2D eigenvalue weighted by Gasteiger charge is 2.34. The van der Waals surface area contributed by atoms with Gasteiger partial charge >= 0.3 is 0 Å². The molecule has 0 amide bonds. The molecular formula is C39H30. The Balaban J connectivity index is 1.39. The maximum absolute atomic E-state index is 2.53. The van der Waals surface area contributed by atoms with Crippen LogP contribution in [-0.2, 0) is 6.42 Å². The SMILES string of the molecule is CC(C)C1=Cc2c(-c3c4ccccc4cc4ccccc34)cccc2C1c1cccc2c1Cc1ccccc1-2. The standard InChI is InChI=1S/C39H30/c1-24(2)35-23-37-33(38-29-15-7-4-11-25(29)21-26-12-5-8-16-30(26)38)19-10-20-34(37)39(35)32-18-9-17-31-28-14-6-3-13-27(28)22-36(31)32/h3-21,23-24,39H,22H2,1-2H3. The Labute approximate surface area is 230 Å². The van der Waals surface area contributed by atoms with Crippen LogP contribution >= 0.6 is 0 Å². The van der Waals surface area contributed by atoms with Crippen LogP contribution in [0.1, 0.15) is 47.6 Å². The molecule has 1 unspecified atom stereocenters. The lowest BCUT2D eigenvalue weighted by atomic mass is 9.80. The lowest BCUT2D eigenvalue weighted by Crippen LogP contribution is -2.08. The van der Waals surface area contributed by atoms with Crippen LogP contribution in [0.5, 0.6) is 0 Å². The predicted molar refractivity (Wildman–Crippen MR) is 166 cm³/mol. The quantitative estimate of drug-likeness (QED) is 0.213. The molecule has 0 saturated carbocycles. The number of allylic oxidation sites excluding steroid dienone is 1. The Hall–Kier alpha value is -4.42. The summed E-state index contributed by atoms with van der Waals surface area (Å²) in [5.41, 5.74) is 14.3. The smallest absolute Gasteiger partial charge is 0.0314 e. The van der Waals surface area contributed by atoms with Gasteiger partial charge in [-0.05, 0) is 90.0 Å². The Morgan fingerprint density at radius 2 is 1.21 bits per heavy atom. The number of benzene rings is 6. The van der Waals surface area contributed by atoms with Crippen LogP contribution < -0.4 is 0 Å². The lowest BCUT2D eigenvalue weighted by molar-refractivity contribution is 0.714. The molecular weight excluding hydrogens is 468 g/mol. The number of hydrogen-bond donors (Lipinski definition) is 0. The summed E-state index contributed by atoms with van der Waals surface area (Å²) in [5.74, 6) is 0.740. The first kappa shape index (κ1) is 22.6. The van der Waals surface area contributed by atoms with Gasteiger partial charge in [0, 0.05) is 5.92 Å². The van der Waals surface area contributed by atoms with E-state index in [9.17, 15) is 0 Å². The molecule has 0 radical (unpaired) electrons. The van der Waals surface area contributed by atoms with E-state index in [1.165, 1.54) is 77.2 Å². The number of rotatable bonds is 3. The van der Waals surface area contributed by atoms with Crippen molar-refractivity contribution in [1.82, 2.24) is 0 Å². The highest BCUT2D eigenvalue weighted by atomic mass is 14.4. The Morgan fingerprint density at radius 3 is 1.95 bits per heavy atom. The van der Waals surface area contributed by atoms with Crippen LogP contribution in [-0.4, -0.2) is 0 Å². The maximum Gasteiger partial charge on any atom is 0.0314 e. The van der Waals surface area contributed by atoms with Gasteiger partial charge in [-0.1, -0.05) is 135 Å². The van der Waals surface area contributed by atoms with Crippen molar-refractivity contribution in [3.8, 4) is 22.3 Å². The van der Waals surface area contributed by atoms with E-state index < -0.39 is 0 Å². The fraction of sp³-hybridized carbons (Fsp3) is 0.128. The summed E-state index contributed by atoms with van der Waals surface area (Å²) in [6.07, 6.45) is 3.55. The molecule has 0 aromatic heterocycles. The van der Waals surface area contributed by atoms with Gasteiger partial charge in [0.05, 0.1) is 0 Å². The fourth-order valence-electron chi connectivity index (χ4n) is 7.25. The second-order valence-corrected chi connectivity index (χ2v) is 11.4. The van der Waals surface area contributed by atoms with Gasteiger partial charge in [0.2, 0.25) is 0 Å². The summed E-state index contributed by atoms with van der Waals surface area (Å²) < 4.78 is 0. The average molecular weight is 499 g/mol. The van der Waals surface area contributed by atoms with Gasteiger partial charge in [0.1, 0.15) is 0 Å². The molecule has 186 valence electrons. The Kier molecular flexibility index (Phi) is 4.94. The van der Waals surface area contributed by atoms with E-state index in [1.54, 1.807) is 0 Å². The van der Waals surface area contributed by atoms with Crippen LogP contribution in [0.4, 0.5) is 0 Å². The molecule has 6 aromatic carbocycles. The molecule has 0 saturated heterocycles. The summed E-state index contributed by atoms with van der Waals surface area (Å²) in [7, 11) is 0. The molecule has 0 heteroatoms. The van der Waals surface area contributed by atoms with Crippen LogP contribution in [0.2, 0.25) is 0 Å². The second-order valence-electron chi connectivity index (χ2n) is 11.4. The average Bonchev–Trinajstić information content (AvgIpc) is 3.55. The van der Waals surface area contributed by atoms with Crippen LogP contribution in [0.15, 0.2) is 121 Å². The third-order valence-corrected chi connectivity index (χ3v) is 9.00. The van der Waals surface area contributed by atoms with Crippen molar-refractivity contribution in [3.05, 3.63) is 149 Å². The van der Waals surface area contributed by atoms with Gasteiger partial charge in [-0.2, -0.15) is 0 Å². The minimum Gasteiger partial charge on any atom is -0.0619 e. The summed E-state index contributed by atoms with van der Waals surface area (Å²) in [4.78, 5) is 0. The maximum atomic E-state index is 2.53. The molecule has 6 aromatic rings. The van der Waals surface area contributed by atoms with Gasteiger partial charge in [-0.15, -0.1) is 0 Å². The minimum atomic E-state index is 0.283. The summed E-state index contributed by atoms with van der Waals surface area (Å²) in [5, 5.41) is 5.24. The third-order valence-electron chi connectivity index (χ3n) is 9.00. The monoisotopic (exact) mass is 498 g/mol. The Bertz CT molecular complexity index is 1910. The first-order valence-corrected chi connectivity index (χ1v) is 14.1. The summed E-state index contributed by atoms with van der Waals surface area (Å²) >= 11 is 0. The van der Waals surface area contributed by atoms with E-state index in [0.29, 0.717) is 5.92 Å². The highest BCUT2D eigenvalue weighted by molar-refractivity contribution is 6.14. The van der Waals surface area contributed by atoms with Gasteiger partial charge in [-0.25, -0.2) is 0 Å². The van der Waals surface area contributed by atoms with Gasteiger partial charge < -0.3 is 0 Å². The van der Waals surface area contributed by atoms with E-state index in [1.807, 2.05) is 0 Å². The van der Waals surface area contributed by atoms with Gasteiger partial charge in [0.25, 0.3) is 0 Å². The number of hydrogen-bond acceptors (Lipinski definition) is 0. The molecule has 39 heavy (non-hydrogen) atoms. The molecule has 2 aliphatic carbocycles. The van der Waals surface area contributed by atoms with E-state index in [-0.39, 0.29) is 5.92 Å². The van der Waals surface area contributed by atoms with Crippen LogP contribution in [0.25, 0.3) is 49.9 Å². The summed E-state index contributed by atoms with van der Waals surface area (Å²) in [6, 6.07) is 43.0. The van der Waals surface area contributed by atoms with Gasteiger partial charge in [0.15, 0.2) is 0 Å². The van der Waals surface area contributed by atoms with E-state index in [0.717, 1.165) is 6.42 Å². The molecule has 0 nitrogen and oxygen atoms in total. The first-order chi connectivity index (χ1) is 19.2. The van der Waals surface area contributed by atoms with Crippen molar-refractivity contribution in [2.75, 3.05) is 0 Å².